The van der Waals surface area contributed by atoms with Crippen molar-refractivity contribution in [2.45, 2.75) is 44.7 Å². The topological polar surface area (TPSA) is 105 Å². The van der Waals surface area contributed by atoms with Gasteiger partial charge in [-0.15, -0.1) is 4.72 Å². The first-order valence-corrected chi connectivity index (χ1v) is 10.6. The number of aromatic nitrogens is 1. The number of hydrogen-bond acceptors (Lipinski definition) is 7. The molecule has 1 unspecified atom stereocenters. The van der Waals surface area contributed by atoms with Crippen molar-refractivity contribution >= 4 is 40.5 Å². The lowest BCUT2D eigenvalue weighted by molar-refractivity contribution is -0.122. The predicted molar refractivity (Wildman–Crippen MR) is 117 cm³/mol. The third kappa shape index (κ3) is 5.66. The molecule has 2 N–H and O–H groups in total. The summed E-state index contributed by atoms with van der Waals surface area (Å²) < 4.78 is 14.4. The Hall–Kier alpha value is -2.20. The van der Waals surface area contributed by atoms with Gasteiger partial charge in [0.05, 0.1) is 29.8 Å². The van der Waals surface area contributed by atoms with E-state index in [9.17, 15) is 9.35 Å². The van der Waals surface area contributed by atoms with Crippen molar-refractivity contribution in [3.05, 3.63) is 47.5 Å². The summed E-state index contributed by atoms with van der Waals surface area (Å²) in [5.41, 5.74) is 1.21. The van der Waals surface area contributed by atoms with Crippen molar-refractivity contribution in [2.24, 2.45) is 9.98 Å². The van der Waals surface area contributed by atoms with Crippen LogP contribution in [0.15, 0.2) is 56.7 Å². The van der Waals surface area contributed by atoms with Crippen LogP contribution in [0.1, 0.15) is 32.9 Å². The highest BCUT2D eigenvalue weighted by atomic mass is 35.5. The monoisotopic (exact) mass is 436 g/mol. The van der Waals surface area contributed by atoms with Gasteiger partial charge in [-0.25, -0.2) is 9.98 Å². The van der Waals surface area contributed by atoms with Gasteiger partial charge >= 0.3 is 0 Å². The molecule has 1 aromatic heterocycles. The zero-order valence-corrected chi connectivity index (χ0v) is 18.5. The third-order valence-corrected chi connectivity index (χ3v) is 5.40. The Balaban J connectivity index is 2.27. The van der Waals surface area contributed by atoms with Crippen LogP contribution in [0.25, 0.3) is 0 Å². The maximum Gasteiger partial charge on any atom is 0.295 e. The fraction of sp³-hybridized carbons (Fsp3) is 0.368. The van der Waals surface area contributed by atoms with Crippen molar-refractivity contribution in [2.75, 3.05) is 7.05 Å². The molecule has 156 valence electrons. The van der Waals surface area contributed by atoms with E-state index in [0.29, 0.717) is 22.1 Å². The van der Waals surface area contributed by atoms with Gasteiger partial charge in [0, 0.05) is 13.1 Å². The molecule has 0 fully saturated rings. The standard InChI is InChI=1S/C19H25ClN6O2S/c1-6-12(3)26-18(24-13(4)20)16(7-2)25-17(19(26)27)23-10-14-8-9-15(11-22-14)29(28)21-5/h7-9,11-12,21H,4,6,10H2,1-3,5H3,(H,23,25)/b16-7+,24-18+/t12-,29?/m1/s1. The number of halogens is 1. The average molecular weight is 437 g/mol. The van der Waals surface area contributed by atoms with Crippen molar-refractivity contribution in [3.63, 3.8) is 0 Å². The first-order chi connectivity index (χ1) is 13.8. The first-order valence-electron chi connectivity index (χ1n) is 9.12. The number of carbonyl (C=O) groups excluding carboxylic acids is 1. The number of amidine groups is 2. The van der Waals surface area contributed by atoms with Crippen LogP contribution in [0.2, 0.25) is 0 Å². The van der Waals surface area contributed by atoms with E-state index in [1.807, 2.05) is 20.8 Å². The molecule has 8 nitrogen and oxygen atoms in total. The quantitative estimate of drug-likeness (QED) is 0.504. The fourth-order valence-corrected chi connectivity index (χ4v) is 3.25. The van der Waals surface area contributed by atoms with Crippen LogP contribution in [0.3, 0.4) is 0 Å². The molecule has 0 radical (unpaired) electrons. The van der Waals surface area contributed by atoms with Gasteiger partial charge in [0.25, 0.3) is 5.91 Å². The van der Waals surface area contributed by atoms with E-state index in [1.54, 1.807) is 30.2 Å². The van der Waals surface area contributed by atoms with Crippen LogP contribution in [0.5, 0.6) is 0 Å². The number of nitrogens with one attached hydrogen (secondary N) is 2. The van der Waals surface area contributed by atoms with E-state index in [-0.39, 0.29) is 29.5 Å². The number of amides is 1. The Labute approximate surface area is 179 Å². The average Bonchev–Trinajstić information content (AvgIpc) is 2.72. The molecule has 0 aliphatic carbocycles. The van der Waals surface area contributed by atoms with E-state index >= 15 is 0 Å². The minimum Gasteiger partial charge on any atom is -0.593 e. The van der Waals surface area contributed by atoms with Gasteiger partial charge in [-0.2, -0.15) is 0 Å². The largest absolute Gasteiger partial charge is 0.593 e. The molecular formula is C19H25ClN6O2S. The highest BCUT2D eigenvalue weighted by Crippen LogP contribution is 2.20. The fourth-order valence-electron chi connectivity index (χ4n) is 2.60. The van der Waals surface area contributed by atoms with Crippen molar-refractivity contribution in [1.29, 1.82) is 0 Å². The summed E-state index contributed by atoms with van der Waals surface area (Å²) in [4.78, 5) is 28.1. The van der Waals surface area contributed by atoms with Crippen LogP contribution < -0.4 is 10.0 Å². The SMILES string of the molecule is C=C(Cl)/N=C1\C(=C/C)N=C(NCc2ccc([S+]([O-])NC)cn2)C(=O)N1[C@H](C)CC. The second kappa shape index (κ2) is 10.5. The normalized spacial score (nSPS) is 19.3. The van der Waals surface area contributed by atoms with Crippen molar-refractivity contribution in [3.8, 4) is 0 Å². The first kappa shape index (κ1) is 23.1. The third-order valence-electron chi connectivity index (χ3n) is 4.28. The lowest BCUT2D eigenvalue weighted by atomic mass is 10.1. The molecule has 1 amide bonds. The summed E-state index contributed by atoms with van der Waals surface area (Å²) in [6.07, 6.45) is 4.03. The van der Waals surface area contributed by atoms with Gasteiger partial charge in [0.15, 0.2) is 16.6 Å². The molecule has 0 spiro atoms. The van der Waals surface area contributed by atoms with E-state index in [1.165, 1.54) is 6.20 Å². The summed E-state index contributed by atoms with van der Waals surface area (Å²) in [6.45, 7) is 9.62. The second-order valence-electron chi connectivity index (χ2n) is 6.19. The lowest BCUT2D eigenvalue weighted by Crippen LogP contribution is -2.53. The molecule has 2 heterocycles. The van der Waals surface area contributed by atoms with Crippen molar-refractivity contribution < 1.29 is 9.35 Å². The van der Waals surface area contributed by atoms with Crippen molar-refractivity contribution in [1.82, 2.24) is 19.9 Å². The zero-order chi connectivity index (χ0) is 21.6. The van der Waals surface area contributed by atoms with Crippen LogP contribution in [0.4, 0.5) is 0 Å². The second-order valence-corrected chi connectivity index (χ2v) is 8.04. The van der Waals surface area contributed by atoms with Crippen LogP contribution >= 0.6 is 11.6 Å². The highest BCUT2D eigenvalue weighted by molar-refractivity contribution is 7.89. The number of allylic oxidation sites excluding steroid dienone is 1. The number of aliphatic imine (C=N–C) groups is 2. The molecule has 1 aromatic rings. The van der Waals surface area contributed by atoms with Crippen LogP contribution in [0, 0.1) is 0 Å². The van der Waals surface area contributed by atoms with Crippen LogP contribution in [-0.4, -0.2) is 45.1 Å². The molecule has 1 aliphatic heterocycles. The van der Waals surface area contributed by atoms with Gasteiger partial charge in [0.2, 0.25) is 0 Å². The molecule has 0 aromatic carbocycles. The molecule has 2 rings (SSSR count). The number of carbonyl (C=O) groups is 1. The number of rotatable bonds is 7. The van der Waals surface area contributed by atoms with E-state index < -0.39 is 11.4 Å². The summed E-state index contributed by atoms with van der Waals surface area (Å²) in [6, 6.07) is 3.37. The molecule has 2 atom stereocenters. The number of nitrogens with zero attached hydrogens (tertiary/aromatic N) is 4. The maximum absolute atomic E-state index is 13.1. The number of hydrogen-bond donors (Lipinski definition) is 2. The summed E-state index contributed by atoms with van der Waals surface area (Å²) in [5.74, 6) is 0.283. The number of pyridine rings is 1. The molecule has 10 heteroatoms. The smallest absolute Gasteiger partial charge is 0.295 e. The molecule has 29 heavy (non-hydrogen) atoms. The Morgan fingerprint density at radius 1 is 1.52 bits per heavy atom. The highest BCUT2D eigenvalue weighted by Gasteiger charge is 2.34. The van der Waals surface area contributed by atoms with Gasteiger partial charge < -0.3 is 9.87 Å². The molecular weight excluding hydrogens is 412 g/mol. The van der Waals surface area contributed by atoms with Gasteiger partial charge in [-0.3, -0.25) is 14.7 Å². The summed E-state index contributed by atoms with van der Waals surface area (Å²) in [7, 11) is 1.61. The molecule has 0 saturated heterocycles. The Morgan fingerprint density at radius 2 is 2.24 bits per heavy atom. The Kier molecular flexibility index (Phi) is 8.39. The summed E-state index contributed by atoms with van der Waals surface area (Å²) in [5, 5.41) is 3.13. The maximum atomic E-state index is 13.1. The van der Waals surface area contributed by atoms with Gasteiger partial charge in [0.1, 0.15) is 10.9 Å². The van der Waals surface area contributed by atoms with Gasteiger partial charge in [-0.1, -0.05) is 31.2 Å². The molecule has 0 bridgehead atoms. The van der Waals surface area contributed by atoms with E-state index in [2.05, 4.69) is 31.6 Å². The summed E-state index contributed by atoms with van der Waals surface area (Å²) >= 11 is 4.58. The minimum absolute atomic E-state index is 0.0790. The van der Waals surface area contributed by atoms with Gasteiger partial charge in [-0.05, 0) is 32.4 Å². The van der Waals surface area contributed by atoms with Crippen LogP contribution in [-0.2, 0) is 22.7 Å². The zero-order valence-electron chi connectivity index (χ0n) is 16.9. The lowest BCUT2D eigenvalue weighted by Gasteiger charge is -2.33. The molecule has 0 saturated carbocycles. The Morgan fingerprint density at radius 3 is 2.76 bits per heavy atom. The van der Waals surface area contributed by atoms with E-state index in [4.69, 9.17) is 11.6 Å². The minimum atomic E-state index is -1.29. The predicted octanol–water partition coefficient (Wildman–Crippen LogP) is 2.46. The molecule has 1 aliphatic rings. The van der Waals surface area contributed by atoms with E-state index in [0.717, 1.165) is 6.42 Å². The Bertz CT molecular complexity index is 853.